The van der Waals surface area contributed by atoms with Gasteiger partial charge in [-0.1, -0.05) is 227 Å². The molecule has 9 aromatic rings. The maximum Gasteiger partial charge on any atom is 0.252 e. The Morgan fingerprint density at radius 2 is 0.878 bits per heavy atom. The fraction of sp³-hybridized carbons (Fsp3) is 0.308. The standard InChI is InChI=1S/C78H84BN3/c1-49-64(77(14,15)16)48-69-71-72(49)82(58-41-32-53(33-42-58)75(8,9)10)67-45-34-54(76(11,12)13)46-66(67)79(71)65-44-43-59(80(55-37-28-51(29-38-55)73(2,3)4)56-39-30-52(31-40-56)74(5,6)7)47-68(65)81(69)57-35-26-50(27-36-57)60-23-21-24-62-61-22-19-20-25-63(61)78(17,18)70(60)62/h19-48H,1-18H3. The van der Waals surface area contributed by atoms with Gasteiger partial charge in [0.25, 0.3) is 6.71 Å². The number of anilines is 9. The van der Waals surface area contributed by atoms with E-state index in [9.17, 15) is 0 Å². The molecular formula is C78H84BN3. The van der Waals surface area contributed by atoms with Gasteiger partial charge < -0.3 is 14.7 Å². The van der Waals surface area contributed by atoms with Crippen LogP contribution in [0.4, 0.5) is 51.2 Å². The maximum absolute atomic E-state index is 2.63. The minimum atomic E-state index is -0.172. The molecule has 0 atom stereocenters. The molecule has 414 valence electrons. The number of rotatable bonds is 6. The van der Waals surface area contributed by atoms with Gasteiger partial charge in [-0.25, -0.2) is 0 Å². The lowest BCUT2D eigenvalue weighted by Gasteiger charge is -2.46. The zero-order valence-corrected chi connectivity index (χ0v) is 52.2. The van der Waals surface area contributed by atoms with Crippen LogP contribution in [0.15, 0.2) is 182 Å². The predicted molar refractivity (Wildman–Crippen MR) is 356 cm³/mol. The van der Waals surface area contributed by atoms with Gasteiger partial charge in [0.1, 0.15) is 0 Å². The summed E-state index contributed by atoms with van der Waals surface area (Å²) in [7, 11) is 0. The number of hydrogen-bond donors (Lipinski definition) is 0. The Hall–Kier alpha value is -7.56. The van der Waals surface area contributed by atoms with Crippen molar-refractivity contribution in [3.05, 3.63) is 226 Å². The van der Waals surface area contributed by atoms with E-state index in [1.54, 1.807) is 0 Å². The molecule has 9 aromatic carbocycles. The smallest absolute Gasteiger partial charge is 0.252 e. The molecule has 82 heavy (non-hydrogen) atoms. The van der Waals surface area contributed by atoms with E-state index in [-0.39, 0.29) is 39.2 Å². The van der Waals surface area contributed by atoms with Crippen molar-refractivity contribution >= 4 is 74.3 Å². The topological polar surface area (TPSA) is 9.72 Å². The fourth-order valence-corrected chi connectivity index (χ4v) is 13.8. The van der Waals surface area contributed by atoms with Crippen molar-refractivity contribution in [2.24, 2.45) is 0 Å². The van der Waals surface area contributed by atoms with E-state index in [4.69, 9.17) is 0 Å². The predicted octanol–water partition coefficient (Wildman–Crippen LogP) is 20.0. The third-order valence-corrected chi connectivity index (χ3v) is 18.4. The summed E-state index contributed by atoms with van der Waals surface area (Å²) in [5, 5.41) is 0. The maximum atomic E-state index is 2.63. The van der Waals surface area contributed by atoms with Crippen molar-refractivity contribution in [2.75, 3.05) is 14.7 Å². The lowest BCUT2D eigenvalue weighted by atomic mass is 9.33. The first kappa shape index (κ1) is 55.0. The summed E-state index contributed by atoms with van der Waals surface area (Å²) < 4.78 is 0. The van der Waals surface area contributed by atoms with E-state index in [1.165, 1.54) is 112 Å². The number of hydrogen-bond acceptors (Lipinski definition) is 3. The number of fused-ring (bicyclic) bond motifs is 7. The summed E-state index contributed by atoms with van der Waals surface area (Å²) in [6, 6.07) is 70.8. The molecule has 3 aliphatic rings. The molecule has 0 N–H and O–H groups in total. The lowest BCUT2D eigenvalue weighted by Crippen LogP contribution is -2.62. The Bertz CT molecular complexity index is 3900. The first-order chi connectivity index (χ1) is 38.5. The first-order valence-electron chi connectivity index (χ1n) is 30.0. The van der Waals surface area contributed by atoms with Crippen LogP contribution < -0.4 is 31.1 Å². The zero-order valence-electron chi connectivity index (χ0n) is 52.2. The molecule has 0 saturated heterocycles. The molecule has 0 aromatic heterocycles. The van der Waals surface area contributed by atoms with Crippen molar-refractivity contribution in [3.8, 4) is 22.3 Å². The molecule has 12 rings (SSSR count). The molecular weight excluding hydrogens is 990 g/mol. The van der Waals surface area contributed by atoms with E-state index in [2.05, 4.69) is 321 Å². The van der Waals surface area contributed by atoms with E-state index in [1.807, 2.05) is 0 Å². The van der Waals surface area contributed by atoms with Gasteiger partial charge in [-0.15, -0.1) is 0 Å². The third kappa shape index (κ3) is 9.11. The minimum Gasteiger partial charge on any atom is -0.311 e. The van der Waals surface area contributed by atoms with Gasteiger partial charge in [-0.3, -0.25) is 0 Å². The molecule has 1 aliphatic carbocycles. The quantitative estimate of drug-likeness (QED) is 0.154. The second-order valence-corrected chi connectivity index (χ2v) is 29.6. The molecule has 2 heterocycles. The Balaban J connectivity index is 1.14. The Morgan fingerprint density at radius 1 is 0.390 bits per heavy atom. The average molecular weight is 1070 g/mol. The molecule has 3 nitrogen and oxygen atoms in total. The van der Waals surface area contributed by atoms with E-state index < -0.39 is 0 Å². The van der Waals surface area contributed by atoms with E-state index >= 15 is 0 Å². The molecule has 0 unspecified atom stereocenters. The van der Waals surface area contributed by atoms with E-state index in [0.29, 0.717) is 0 Å². The van der Waals surface area contributed by atoms with Gasteiger partial charge in [0, 0.05) is 56.6 Å². The summed E-state index contributed by atoms with van der Waals surface area (Å²) in [5.41, 5.74) is 30.2. The average Bonchev–Trinajstić information content (AvgIpc) is 0.934. The van der Waals surface area contributed by atoms with Gasteiger partial charge >= 0.3 is 0 Å². The van der Waals surface area contributed by atoms with Crippen molar-refractivity contribution < 1.29 is 0 Å². The molecule has 0 amide bonds. The van der Waals surface area contributed by atoms with Crippen LogP contribution in [0.25, 0.3) is 22.3 Å². The van der Waals surface area contributed by atoms with Crippen molar-refractivity contribution in [3.63, 3.8) is 0 Å². The third-order valence-electron chi connectivity index (χ3n) is 18.4. The van der Waals surface area contributed by atoms with Crippen LogP contribution >= 0.6 is 0 Å². The summed E-state index contributed by atoms with van der Waals surface area (Å²) in [4.78, 5) is 7.72. The van der Waals surface area contributed by atoms with Crippen LogP contribution in [-0.2, 0) is 32.5 Å². The Kier molecular flexibility index (Phi) is 12.7. The van der Waals surface area contributed by atoms with Crippen LogP contribution in [0.3, 0.4) is 0 Å². The highest BCUT2D eigenvalue weighted by atomic mass is 15.2. The summed E-state index contributed by atoms with van der Waals surface area (Å²) >= 11 is 0. The van der Waals surface area contributed by atoms with Crippen LogP contribution in [0.2, 0.25) is 0 Å². The number of benzene rings is 9. The summed E-state index contributed by atoms with van der Waals surface area (Å²) in [6.07, 6.45) is 0. The van der Waals surface area contributed by atoms with Crippen LogP contribution in [-0.4, -0.2) is 6.71 Å². The zero-order chi connectivity index (χ0) is 58.4. The second kappa shape index (κ2) is 19.0. The molecule has 0 radical (unpaired) electrons. The van der Waals surface area contributed by atoms with Gasteiger partial charge in [-0.2, -0.15) is 0 Å². The summed E-state index contributed by atoms with van der Waals surface area (Å²) in [6.45, 7) is 42.1. The van der Waals surface area contributed by atoms with Crippen LogP contribution in [0, 0.1) is 6.92 Å². The number of nitrogens with zero attached hydrogens (tertiary/aromatic N) is 3. The lowest BCUT2D eigenvalue weighted by molar-refractivity contribution is 0.586. The molecule has 2 aliphatic heterocycles. The van der Waals surface area contributed by atoms with Crippen LogP contribution in [0.5, 0.6) is 0 Å². The van der Waals surface area contributed by atoms with Crippen molar-refractivity contribution in [2.45, 2.75) is 157 Å². The van der Waals surface area contributed by atoms with Gasteiger partial charge in [-0.05, 0) is 190 Å². The Morgan fingerprint density at radius 3 is 1.44 bits per heavy atom. The molecule has 0 spiro atoms. The molecule has 0 bridgehead atoms. The first-order valence-corrected chi connectivity index (χ1v) is 30.0. The second-order valence-electron chi connectivity index (χ2n) is 29.6. The molecule has 4 heteroatoms. The highest BCUT2D eigenvalue weighted by Gasteiger charge is 2.46. The van der Waals surface area contributed by atoms with Crippen LogP contribution in [0.1, 0.15) is 162 Å². The van der Waals surface area contributed by atoms with Crippen molar-refractivity contribution in [1.29, 1.82) is 0 Å². The fourth-order valence-electron chi connectivity index (χ4n) is 13.8. The monoisotopic (exact) mass is 1070 g/mol. The minimum absolute atomic E-state index is 0.0203. The van der Waals surface area contributed by atoms with E-state index in [0.717, 1.165) is 22.7 Å². The van der Waals surface area contributed by atoms with Gasteiger partial charge in [0.2, 0.25) is 0 Å². The SMILES string of the molecule is Cc1c(C(C)(C)C)cc2c3c1N(c1ccc(C(C)(C)C)cc1)c1ccc(C(C)(C)C)cc1B3c1ccc(N(c3ccc(C(C)(C)C)cc3)c3ccc(C(C)(C)C)cc3)cc1N2c1ccc(-c2cccc3c2C(C)(C)c2ccccc2-3)cc1. The van der Waals surface area contributed by atoms with Gasteiger partial charge in [0.15, 0.2) is 0 Å². The highest BCUT2D eigenvalue weighted by molar-refractivity contribution is 7.00. The molecule has 0 fully saturated rings. The van der Waals surface area contributed by atoms with Gasteiger partial charge in [0.05, 0.1) is 0 Å². The largest absolute Gasteiger partial charge is 0.311 e. The molecule has 0 saturated carbocycles. The Labute approximate surface area is 492 Å². The van der Waals surface area contributed by atoms with Crippen molar-refractivity contribution in [1.82, 2.24) is 0 Å². The highest BCUT2D eigenvalue weighted by Crippen LogP contribution is 2.54. The summed E-state index contributed by atoms with van der Waals surface area (Å²) in [5.74, 6) is 0. The normalized spacial score (nSPS) is 14.5.